The number of aromatic nitrogens is 2. The van der Waals surface area contributed by atoms with Gasteiger partial charge in [-0.25, -0.2) is 0 Å². The molecule has 0 aliphatic heterocycles. The standard InChI is InChI=1S/C11H11N3O/c1-15-10-5-3-2-4-8(10)9-6-7-13-14-11(9)12/h2-7H,1H3,(H2,12,14). The first-order valence-corrected chi connectivity index (χ1v) is 4.53. The van der Waals surface area contributed by atoms with Crippen LogP contribution >= 0.6 is 0 Å². The average Bonchev–Trinajstić information content (AvgIpc) is 2.30. The molecule has 0 atom stereocenters. The third-order valence-corrected chi connectivity index (χ3v) is 2.15. The lowest BCUT2D eigenvalue weighted by molar-refractivity contribution is 0.416. The minimum absolute atomic E-state index is 0.405. The van der Waals surface area contributed by atoms with Crippen LogP contribution in [0.15, 0.2) is 36.5 Å². The Labute approximate surface area is 87.7 Å². The van der Waals surface area contributed by atoms with Crippen LogP contribution < -0.4 is 10.5 Å². The van der Waals surface area contributed by atoms with Crippen LogP contribution in [-0.2, 0) is 0 Å². The fourth-order valence-electron chi connectivity index (χ4n) is 1.44. The lowest BCUT2D eigenvalue weighted by atomic mass is 10.1. The Morgan fingerprint density at radius 1 is 1.13 bits per heavy atom. The van der Waals surface area contributed by atoms with Gasteiger partial charge in [-0.05, 0) is 12.1 Å². The number of hydrogen-bond acceptors (Lipinski definition) is 4. The van der Waals surface area contributed by atoms with E-state index >= 15 is 0 Å². The predicted octanol–water partition coefficient (Wildman–Crippen LogP) is 1.73. The lowest BCUT2D eigenvalue weighted by Crippen LogP contribution is -1.96. The Morgan fingerprint density at radius 3 is 2.67 bits per heavy atom. The second kappa shape index (κ2) is 3.96. The lowest BCUT2D eigenvalue weighted by Gasteiger charge is -2.08. The summed E-state index contributed by atoms with van der Waals surface area (Å²) in [7, 11) is 1.63. The second-order valence-electron chi connectivity index (χ2n) is 3.03. The van der Waals surface area contributed by atoms with Crippen LogP contribution in [0, 0.1) is 0 Å². The van der Waals surface area contributed by atoms with Gasteiger partial charge in [-0.3, -0.25) is 0 Å². The highest BCUT2D eigenvalue weighted by Crippen LogP contribution is 2.31. The van der Waals surface area contributed by atoms with Crippen molar-refractivity contribution in [1.82, 2.24) is 10.2 Å². The van der Waals surface area contributed by atoms with Crippen LogP contribution in [0.4, 0.5) is 5.82 Å². The minimum atomic E-state index is 0.405. The number of anilines is 1. The predicted molar refractivity (Wildman–Crippen MR) is 58.4 cm³/mol. The summed E-state index contributed by atoms with van der Waals surface area (Å²) in [6, 6.07) is 9.48. The molecule has 4 nitrogen and oxygen atoms in total. The molecule has 76 valence electrons. The number of benzene rings is 1. The van der Waals surface area contributed by atoms with Crippen LogP contribution in [0.5, 0.6) is 5.75 Å². The van der Waals surface area contributed by atoms with E-state index in [2.05, 4.69) is 10.2 Å². The summed E-state index contributed by atoms with van der Waals surface area (Å²) < 4.78 is 5.25. The number of nitrogens with zero attached hydrogens (tertiary/aromatic N) is 2. The number of hydrogen-bond donors (Lipinski definition) is 1. The van der Waals surface area contributed by atoms with E-state index in [1.165, 1.54) is 0 Å². The fourth-order valence-corrected chi connectivity index (χ4v) is 1.44. The number of nitrogens with two attached hydrogens (primary N) is 1. The summed E-state index contributed by atoms with van der Waals surface area (Å²) in [4.78, 5) is 0. The van der Waals surface area contributed by atoms with Crippen molar-refractivity contribution < 1.29 is 4.74 Å². The molecule has 0 unspecified atom stereocenters. The highest BCUT2D eigenvalue weighted by atomic mass is 16.5. The zero-order chi connectivity index (χ0) is 10.7. The van der Waals surface area contributed by atoms with E-state index in [-0.39, 0.29) is 0 Å². The molecule has 2 rings (SSSR count). The van der Waals surface area contributed by atoms with E-state index in [0.717, 1.165) is 16.9 Å². The van der Waals surface area contributed by atoms with Gasteiger partial charge in [-0.1, -0.05) is 18.2 Å². The van der Waals surface area contributed by atoms with Crippen LogP contribution in [-0.4, -0.2) is 17.3 Å². The van der Waals surface area contributed by atoms with E-state index in [0.29, 0.717) is 5.82 Å². The molecule has 0 saturated carbocycles. The molecule has 0 aliphatic carbocycles. The maximum absolute atomic E-state index is 5.75. The second-order valence-corrected chi connectivity index (χ2v) is 3.03. The Balaban J connectivity index is 2.59. The first kappa shape index (κ1) is 9.45. The maximum Gasteiger partial charge on any atom is 0.154 e. The summed E-state index contributed by atoms with van der Waals surface area (Å²) in [5.74, 6) is 1.18. The van der Waals surface area contributed by atoms with E-state index in [4.69, 9.17) is 10.5 Å². The highest BCUT2D eigenvalue weighted by molar-refractivity contribution is 5.77. The summed E-state index contributed by atoms with van der Waals surface area (Å²) in [5, 5.41) is 7.51. The van der Waals surface area contributed by atoms with Gasteiger partial charge >= 0.3 is 0 Å². The molecule has 0 fully saturated rings. The van der Waals surface area contributed by atoms with Crippen molar-refractivity contribution in [2.75, 3.05) is 12.8 Å². The zero-order valence-corrected chi connectivity index (χ0v) is 8.34. The molecule has 0 aliphatic rings. The highest BCUT2D eigenvalue weighted by Gasteiger charge is 2.08. The summed E-state index contributed by atoms with van der Waals surface area (Å²) in [6.07, 6.45) is 1.61. The van der Waals surface area contributed by atoms with Gasteiger partial charge in [0.1, 0.15) is 5.75 Å². The molecule has 0 amide bonds. The molecule has 1 aromatic carbocycles. The monoisotopic (exact) mass is 201 g/mol. The van der Waals surface area contributed by atoms with Crippen molar-refractivity contribution in [3.63, 3.8) is 0 Å². The smallest absolute Gasteiger partial charge is 0.154 e. The van der Waals surface area contributed by atoms with E-state index in [9.17, 15) is 0 Å². The molecule has 0 saturated heterocycles. The normalized spacial score (nSPS) is 9.93. The number of para-hydroxylation sites is 1. The molecule has 0 radical (unpaired) electrons. The number of rotatable bonds is 2. The van der Waals surface area contributed by atoms with Crippen LogP contribution in [0.3, 0.4) is 0 Å². The molecule has 1 heterocycles. The average molecular weight is 201 g/mol. The van der Waals surface area contributed by atoms with Crippen LogP contribution in [0.25, 0.3) is 11.1 Å². The minimum Gasteiger partial charge on any atom is -0.496 e. The van der Waals surface area contributed by atoms with Crippen molar-refractivity contribution in [3.05, 3.63) is 36.5 Å². The summed E-state index contributed by atoms with van der Waals surface area (Å²) in [5.41, 5.74) is 7.51. The van der Waals surface area contributed by atoms with E-state index in [1.807, 2.05) is 30.3 Å². The molecule has 0 bridgehead atoms. The Kier molecular flexibility index (Phi) is 2.49. The van der Waals surface area contributed by atoms with Crippen molar-refractivity contribution in [1.29, 1.82) is 0 Å². The Hall–Kier alpha value is -2.10. The van der Waals surface area contributed by atoms with Crippen molar-refractivity contribution in [3.8, 4) is 16.9 Å². The van der Waals surface area contributed by atoms with Gasteiger partial charge in [0.05, 0.1) is 13.3 Å². The van der Waals surface area contributed by atoms with Crippen LogP contribution in [0.2, 0.25) is 0 Å². The Bertz CT molecular complexity index is 471. The van der Waals surface area contributed by atoms with Gasteiger partial charge < -0.3 is 10.5 Å². The van der Waals surface area contributed by atoms with Gasteiger partial charge in [-0.15, -0.1) is 5.10 Å². The van der Waals surface area contributed by atoms with Gasteiger partial charge in [0.2, 0.25) is 0 Å². The first-order chi connectivity index (χ1) is 7.33. The summed E-state index contributed by atoms with van der Waals surface area (Å²) in [6.45, 7) is 0. The van der Waals surface area contributed by atoms with Gasteiger partial charge in [0.15, 0.2) is 5.82 Å². The SMILES string of the molecule is COc1ccccc1-c1ccnnc1N. The molecular formula is C11H11N3O. The number of ether oxygens (including phenoxy) is 1. The molecule has 0 spiro atoms. The number of nitrogen functional groups attached to an aromatic ring is 1. The fraction of sp³-hybridized carbons (Fsp3) is 0.0909. The first-order valence-electron chi connectivity index (χ1n) is 4.53. The van der Waals surface area contributed by atoms with Crippen molar-refractivity contribution in [2.24, 2.45) is 0 Å². The van der Waals surface area contributed by atoms with E-state index < -0.39 is 0 Å². The van der Waals surface area contributed by atoms with Gasteiger partial charge in [-0.2, -0.15) is 5.10 Å². The van der Waals surface area contributed by atoms with E-state index in [1.54, 1.807) is 13.3 Å². The quantitative estimate of drug-likeness (QED) is 0.803. The molecule has 2 N–H and O–H groups in total. The molecule has 2 aromatic rings. The Morgan fingerprint density at radius 2 is 1.93 bits per heavy atom. The zero-order valence-electron chi connectivity index (χ0n) is 8.34. The maximum atomic E-state index is 5.75. The molecule has 1 aromatic heterocycles. The van der Waals surface area contributed by atoms with Crippen molar-refractivity contribution in [2.45, 2.75) is 0 Å². The molecule has 15 heavy (non-hydrogen) atoms. The van der Waals surface area contributed by atoms with Gasteiger partial charge in [0, 0.05) is 11.1 Å². The topological polar surface area (TPSA) is 61.0 Å². The third-order valence-electron chi connectivity index (χ3n) is 2.15. The van der Waals surface area contributed by atoms with Gasteiger partial charge in [0.25, 0.3) is 0 Å². The summed E-state index contributed by atoms with van der Waals surface area (Å²) >= 11 is 0. The van der Waals surface area contributed by atoms with Crippen LogP contribution in [0.1, 0.15) is 0 Å². The molecule has 4 heteroatoms. The number of methoxy groups -OCH3 is 1. The van der Waals surface area contributed by atoms with Crippen molar-refractivity contribution >= 4 is 5.82 Å². The molecular weight excluding hydrogens is 190 g/mol. The third kappa shape index (κ3) is 1.74. The largest absolute Gasteiger partial charge is 0.496 e.